The van der Waals surface area contributed by atoms with E-state index >= 15 is 0 Å². The Labute approximate surface area is 250 Å². The van der Waals surface area contributed by atoms with E-state index in [2.05, 4.69) is 26.0 Å². The number of benzene rings is 2. The molecule has 2 aromatic carbocycles. The van der Waals surface area contributed by atoms with E-state index in [1.807, 2.05) is 30.3 Å². The lowest BCUT2D eigenvalue weighted by molar-refractivity contribution is -0.149. The van der Waals surface area contributed by atoms with E-state index in [0.29, 0.717) is 0 Å². The maximum Gasteiger partial charge on any atom is 0.459 e. The van der Waals surface area contributed by atoms with Crippen molar-refractivity contribution in [3.05, 3.63) is 104 Å². The van der Waals surface area contributed by atoms with Gasteiger partial charge in [0, 0.05) is 6.20 Å². The number of para-hydroxylation sites is 1. The van der Waals surface area contributed by atoms with Gasteiger partial charge in [0.05, 0.1) is 18.3 Å². The highest BCUT2D eigenvalue weighted by molar-refractivity contribution is 9.11. The first-order valence-corrected chi connectivity index (χ1v) is 15.5. The lowest BCUT2D eigenvalue weighted by Crippen LogP contribution is -2.40. The molecule has 1 unspecified atom stereocenters. The second-order valence-corrected chi connectivity index (χ2v) is 11.7. The summed E-state index contributed by atoms with van der Waals surface area (Å²) >= 11 is 3.11. The van der Waals surface area contributed by atoms with Crippen LogP contribution in [0.4, 0.5) is 0 Å². The quantitative estimate of drug-likeness (QED) is 0.202. The van der Waals surface area contributed by atoms with Gasteiger partial charge in [0.15, 0.2) is 12.5 Å². The summed E-state index contributed by atoms with van der Waals surface area (Å²) in [6, 6.07) is 16.4. The molecule has 224 valence electrons. The fraction of sp³-hybridized carbons (Fsp3) is 0.321. The Morgan fingerprint density at radius 3 is 2.52 bits per heavy atom. The molecular weight excluding hydrogens is 633 g/mol. The molecule has 1 aliphatic heterocycles. The van der Waals surface area contributed by atoms with Gasteiger partial charge in [-0.3, -0.25) is 23.7 Å². The Morgan fingerprint density at radius 2 is 1.86 bits per heavy atom. The molecule has 42 heavy (non-hydrogen) atoms. The lowest BCUT2D eigenvalue weighted by Gasteiger charge is -2.26. The number of halogens is 1. The van der Waals surface area contributed by atoms with Gasteiger partial charge in [-0.25, -0.2) is 9.36 Å². The van der Waals surface area contributed by atoms with Crippen LogP contribution < -0.4 is 20.9 Å². The smallest absolute Gasteiger partial charge is 0.459 e. The number of ether oxygens (including phenoxy) is 3. The number of nitrogens with one attached hydrogen (secondary N) is 2. The van der Waals surface area contributed by atoms with Gasteiger partial charge < -0.3 is 18.7 Å². The van der Waals surface area contributed by atoms with Crippen molar-refractivity contribution >= 4 is 35.7 Å². The third-order valence-electron chi connectivity index (χ3n) is 5.86. The van der Waals surface area contributed by atoms with Crippen LogP contribution in [-0.2, 0) is 34.5 Å². The molecule has 0 spiro atoms. The van der Waals surface area contributed by atoms with Crippen molar-refractivity contribution in [1.29, 1.82) is 0 Å². The normalized spacial score (nSPS) is 19.0. The predicted octanol–water partition coefficient (Wildman–Crippen LogP) is 4.13. The number of H-pyrrole nitrogens is 1. The molecule has 4 atom stereocenters. The van der Waals surface area contributed by atoms with E-state index in [1.165, 1.54) is 21.8 Å². The van der Waals surface area contributed by atoms with Crippen molar-refractivity contribution in [2.45, 2.75) is 44.9 Å². The minimum Gasteiger partial charge on any atom is -0.462 e. The number of aromatic nitrogens is 2. The summed E-state index contributed by atoms with van der Waals surface area (Å²) in [5, 5.41) is 2.75. The molecule has 0 amide bonds. The Balaban J connectivity index is 1.52. The van der Waals surface area contributed by atoms with E-state index in [1.54, 1.807) is 44.2 Å². The molecule has 3 aromatic rings. The highest BCUT2D eigenvalue weighted by Gasteiger charge is 2.37. The van der Waals surface area contributed by atoms with Crippen molar-refractivity contribution < 1.29 is 32.6 Å². The Kier molecular flexibility index (Phi) is 11.1. The number of aromatic amines is 1. The molecule has 0 saturated carbocycles. The van der Waals surface area contributed by atoms with Crippen molar-refractivity contribution in [3.63, 3.8) is 0 Å². The van der Waals surface area contributed by atoms with Crippen LogP contribution in [0.2, 0.25) is 0 Å². The minimum atomic E-state index is -4.25. The largest absolute Gasteiger partial charge is 0.462 e. The summed E-state index contributed by atoms with van der Waals surface area (Å²) in [5.41, 5.74) is -0.226. The van der Waals surface area contributed by atoms with Crippen molar-refractivity contribution in [2.75, 3.05) is 13.2 Å². The number of hydrogen-bond donors (Lipinski definition) is 2. The van der Waals surface area contributed by atoms with E-state index in [-0.39, 0.29) is 30.9 Å². The maximum atomic E-state index is 14.1. The fourth-order valence-electron chi connectivity index (χ4n) is 3.98. The zero-order chi connectivity index (χ0) is 30.1. The summed E-state index contributed by atoms with van der Waals surface area (Å²) in [6.07, 6.45) is 0.622. The second-order valence-electron chi connectivity index (χ2n) is 9.45. The van der Waals surface area contributed by atoms with Crippen molar-refractivity contribution in [2.24, 2.45) is 0 Å². The van der Waals surface area contributed by atoms with Gasteiger partial charge >= 0.3 is 19.4 Å². The van der Waals surface area contributed by atoms with Crippen LogP contribution in [0.1, 0.15) is 31.2 Å². The Hall–Kier alpha value is -3.32. The summed E-state index contributed by atoms with van der Waals surface area (Å²) in [5.74, 6) is -0.393. The molecule has 4 rings (SSSR count). The maximum absolute atomic E-state index is 14.1. The summed E-state index contributed by atoms with van der Waals surface area (Å²) in [6.45, 7) is 3.00. The Bertz CT molecular complexity index is 1530. The van der Waals surface area contributed by atoms with Crippen LogP contribution in [0.25, 0.3) is 6.08 Å². The fourth-order valence-corrected chi connectivity index (χ4v) is 5.74. The third-order valence-corrected chi connectivity index (χ3v) is 7.70. The third kappa shape index (κ3) is 8.84. The summed E-state index contributed by atoms with van der Waals surface area (Å²) < 4.78 is 43.7. The molecule has 1 aliphatic rings. The molecule has 12 nitrogen and oxygen atoms in total. The van der Waals surface area contributed by atoms with Crippen LogP contribution in [0.15, 0.2) is 81.4 Å². The van der Waals surface area contributed by atoms with Gasteiger partial charge in [0.25, 0.3) is 5.56 Å². The summed E-state index contributed by atoms with van der Waals surface area (Å²) in [7, 11) is -4.25. The standard InChI is InChI=1S/C28H31BrN3O9P/c1-19(2)39-27(34)23(15-20-9-5-3-6-10-20)31-42(36,41-22-11-7-4-8-12-22)38-18-25-37-17-24(40-25)32-16-21(13-14-29)26(33)30-28(32)35/h3-14,16,19,23-25H,15,17-18H2,1-2H3,(H,31,36)(H,30,33,35)/b14-13+/t23-,24+,25+,42?/m1/s1. The molecule has 14 heteroatoms. The van der Waals surface area contributed by atoms with Crippen molar-refractivity contribution in [1.82, 2.24) is 14.6 Å². The lowest BCUT2D eigenvalue weighted by atomic mass is 10.1. The first kappa shape index (κ1) is 31.6. The van der Waals surface area contributed by atoms with Gasteiger partial charge in [-0.1, -0.05) is 64.5 Å². The first-order chi connectivity index (χ1) is 20.2. The molecule has 0 radical (unpaired) electrons. The number of nitrogens with zero attached hydrogens (tertiary/aromatic N) is 1. The van der Waals surface area contributed by atoms with Crippen LogP contribution in [0.5, 0.6) is 5.75 Å². The number of esters is 1. The highest BCUT2D eigenvalue weighted by atomic mass is 79.9. The van der Waals surface area contributed by atoms with E-state index in [0.717, 1.165) is 5.56 Å². The van der Waals surface area contributed by atoms with Crippen LogP contribution >= 0.6 is 23.7 Å². The molecule has 0 bridgehead atoms. The average molecular weight is 664 g/mol. The van der Waals surface area contributed by atoms with Gasteiger partial charge in [0.2, 0.25) is 0 Å². The molecule has 0 aliphatic carbocycles. The second kappa shape index (κ2) is 14.7. The first-order valence-electron chi connectivity index (χ1n) is 13.1. The molecule has 2 N–H and O–H groups in total. The molecule has 1 fully saturated rings. The minimum absolute atomic E-state index is 0.0495. The van der Waals surface area contributed by atoms with E-state index in [9.17, 15) is 18.9 Å². The average Bonchev–Trinajstić information content (AvgIpc) is 3.43. The topological polar surface area (TPSA) is 147 Å². The zero-order valence-electron chi connectivity index (χ0n) is 22.9. The number of rotatable bonds is 13. The number of carbonyl (C=O) groups is 1. The zero-order valence-corrected chi connectivity index (χ0v) is 25.4. The van der Waals surface area contributed by atoms with Crippen LogP contribution in [-0.4, -0.2) is 47.2 Å². The molecular formula is C28H31BrN3O9P. The van der Waals surface area contributed by atoms with Crippen LogP contribution in [0, 0.1) is 0 Å². The molecule has 1 aromatic heterocycles. The number of carbonyl (C=O) groups excluding carboxylic acids is 1. The predicted molar refractivity (Wildman–Crippen MR) is 158 cm³/mol. The molecule has 1 saturated heterocycles. The monoisotopic (exact) mass is 663 g/mol. The van der Waals surface area contributed by atoms with Gasteiger partial charge in [-0.2, -0.15) is 5.09 Å². The summed E-state index contributed by atoms with van der Waals surface area (Å²) in [4.78, 5) is 41.2. The van der Waals surface area contributed by atoms with E-state index in [4.69, 9.17) is 23.3 Å². The highest BCUT2D eigenvalue weighted by Crippen LogP contribution is 2.45. The Morgan fingerprint density at radius 1 is 1.17 bits per heavy atom. The number of hydrogen-bond acceptors (Lipinski definition) is 9. The van der Waals surface area contributed by atoms with Gasteiger partial charge in [0.1, 0.15) is 18.4 Å². The van der Waals surface area contributed by atoms with Crippen molar-refractivity contribution in [3.8, 4) is 5.75 Å². The molecule has 2 heterocycles. The van der Waals surface area contributed by atoms with Gasteiger partial charge in [-0.05, 0) is 49.0 Å². The van der Waals surface area contributed by atoms with Crippen LogP contribution in [0.3, 0.4) is 0 Å². The SMILES string of the molecule is CC(C)OC(=O)[C@@H](Cc1ccccc1)NP(=O)(OC[C@H]1OC[C@@H](n2cc(/C=C/Br)c(=O)[nH]c2=O)O1)Oc1ccccc1. The van der Waals surface area contributed by atoms with E-state index < -0.39 is 49.6 Å². The van der Waals surface area contributed by atoms with Gasteiger partial charge in [-0.15, -0.1) is 0 Å².